The van der Waals surface area contributed by atoms with E-state index >= 15 is 0 Å². The molecule has 1 saturated carbocycles. The zero-order chi connectivity index (χ0) is 16.9. The molecule has 0 aromatic heterocycles. The molecule has 4 heteroatoms. The Kier molecular flexibility index (Phi) is 6.74. The van der Waals surface area contributed by atoms with Crippen molar-refractivity contribution in [2.75, 3.05) is 6.67 Å². The van der Waals surface area contributed by atoms with Crippen LogP contribution in [0.1, 0.15) is 56.4 Å². The molecule has 1 aliphatic heterocycles. The van der Waals surface area contributed by atoms with Crippen molar-refractivity contribution in [2.24, 2.45) is 11.8 Å². The highest BCUT2D eigenvalue weighted by atomic mass is 35.5. The van der Waals surface area contributed by atoms with Gasteiger partial charge in [0, 0.05) is 8.80 Å². The third-order valence-electron chi connectivity index (χ3n) is 6.49. The Labute approximate surface area is 151 Å². The predicted octanol–water partition coefficient (Wildman–Crippen LogP) is 6.75. The zero-order valence-corrected chi connectivity index (χ0v) is 16.4. The van der Waals surface area contributed by atoms with Gasteiger partial charge in [0.1, 0.15) is 5.82 Å². The number of halogens is 3. The van der Waals surface area contributed by atoms with Crippen molar-refractivity contribution in [3.05, 3.63) is 34.6 Å². The van der Waals surface area contributed by atoms with Crippen molar-refractivity contribution in [3.8, 4) is 0 Å². The monoisotopic (exact) mass is 370 g/mol. The first-order valence-corrected chi connectivity index (χ1v) is 12.5. The minimum atomic E-state index is -0.603. The second-order valence-electron chi connectivity index (χ2n) is 7.90. The molecular formula is C20H29ClF2Si. The van der Waals surface area contributed by atoms with E-state index in [0.29, 0.717) is 5.92 Å². The van der Waals surface area contributed by atoms with E-state index in [0.717, 1.165) is 23.8 Å². The van der Waals surface area contributed by atoms with Crippen LogP contribution in [0.3, 0.4) is 0 Å². The van der Waals surface area contributed by atoms with Gasteiger partial charge in [-0.1, -0.05) is 48.6 Å². The normalized spacial score (nSPS) is 31.1. The van der Waals surface area contributed by atoms with Crippen molar-refractivity contribution in [3.63, 3.8) is 0 Å². The van der Waals surface area contributed by atoms with Crippen LogP contribution in [0.4, 0.5) is 8.78 Å². The third kappa shape index (κ3) is 4.60. The van der Waals surface area contributed by atoms with Crippen LogP contribution >= 0.6 is 11.6 Å². The first-order valence-electron chi connectivity index (χ1n) is 9.68. The van der Waals surface area contributed by atoms with Crippen molar-refractivity contribution in [1.29, 1.82) is 0 Å². The SMILES string of the molecule is FCCC[Si@H]1CC[C@H](C2CCC(c3ccc(Cl)c(F)c3)CC2)CC1. The van der Waals surface area contributed by atoms with Gasteiger partial charge in [0.15, 0.2) is 0 Å². The van der Waals surface area contributed by atoms with E-state index in [9.17, 15) is 8.78 Å². The smallest absolute Gasteiger partial charge is 0.142 e. The quantitative estimate of drug-likeness (QED) is 0.503. The fourth-order valence-corrected chi connectivity index (χ4v) is 8.52. The van der Waals surface area contributed by atoms with Crippen molar-refractivity contribution < 1.29 is 8.78 Å². The summed E-state index contributed by atoms with van der Waals surface area (Å²) in [4.78, 5) is 0. The van der Waals surface area contributed by atoms with E-state index in [-0.39, 0.29) is 17.5 Å². The minimum absolute atomic E-state index is 0.123. The molecule has 1 aromatic rings. The maximum atomic E-state index is 13.7. The predicted molar refractivity (Wildman–Crippen MR) is 101 cm³/mol. The van der Waals surface area contributed by atoms with Crippen LogP contribution in [0.25, 0.3) is 0 Å². The number of hydrogen-bond acceptors (Lipinski definition) is 0. The molecular weight excluding hydrogens is 342 g/mol. The van der Waals surface area contributed by atoms with Gasteiger partial charge in [0.25, 0.3) is 0 Å². The molecule has 0 atom stereocenters. The van der Waals surface area contributed by atoms with Crippen LogP contribution in [0.15, 0.2) is 18.2 Å². The molecule has 1 aromatic carbocycles. The third-order valence-corrected chi connectivity index (χ3v) is 10.3. The molecule has 2 aliphatic rings. The first kappa shape index (κ1) is 18.4. The lowest BCUT2D eigenvalue weighted by Crippen LogP contribution is -2.28. The molecule has 0 spiro atoms. The van der Waals surface area contributed by atoms with Gasteiger partial charge in [-0.05, 0) is 67.6 Å². The summed E-state index contributed by atoms with van der Waals surface area (Å²) in [5.74, 6) is 1.99. The Morgan fingerprint density at radius 1 is 1.00 bits per heavy atom. The summed E-state index contributed by atoms with van der Waals surface area (Å²) >= 11 is 5.80. The standard InChI is InChI=1S/C20H29ClF2Si/c21-19-7-6-18(14-20(19)23)16-4-2-15(3-5-16)17-8-12-24(13-9-17)11-1-10-22/h6-7,14-17,24H,1-5,8-13H2/t15?,16?,17-,24-. The first-order chi connectivity index (χ1) is 11.7. The van der Waals surface area contributed by atoms with Crippen LogP contribution in [0, 0.1) is 17.7 Å². The summed E-state index contributed by atoms with van der Waals surface area (Å²) in [5, 5.41) is 0.223. The highest BCUT2D eigenvalue weighted by Gasteiger charge is 2.31. The molecule has 0 bridgehead atoms. The van der Waals surface area contributed by atoms with Gasteiger partial charge in [0.2, 0.25) is 0 Å². The summed E-state index contributed by atoms with van der Waals surface area (Å²) in [6.07, 6.45) is 8.55. The molecule has 0 unspecified atom stereocenters. The van der Waals surface area contributed by atoms with Crippen LogP contribution < -0.4 is 0 Å². The van der Waals surface area contributed by atoms with E-state index in [1.165, 1.54) is 56.7 Å². The molecule has 0 amide bonds. The largest absolute Gasteiger partial charge is 0.251 e. The average molecular weight is 371 g/mol. The Balaban J connectivity index is 1.46. The van der Waals surface area contributed by atoms with Gasteiger partial charge in [-0.25, -0.2) is 4.39 Å². The highest BCUT2D eigenvalue weighted by molar-refractivity contribution is 6.58. The van der Waals surface area contributed by atoms with Crippen LogP contribution in [0.2, 0.25) is 23.2 Å². The van der Waals surface area contributed by atoms with Crippen molar-refractivity contribution >= 4 is 20.4 Å². The highest BCUT2D eigenvalue weighted by Crippen LogP contribution is 2.43. The maximum absolute atomic E-state index is 13.7. The van der Waals surface area contributed by atoms with E-state index in [1.54, 1.807) is 12.1 Å². The molecule has 1 heterocycles. The minimum Gasteiger partial charge on any atom is -0.251 e. The molecule has 2 fully saturated rings. The molecule has 0 nitrogen and oxygen atoms in total. The Morgan fingerprint density at radius 2 is 1.67 bits per heavy atom. The van der Waals surface area contributed by atoms with E-state index in [1.807, 2.05) is 6.07 Å². The Hall–Kier alpha value is -0.413. The van der Waals surface area contributed by atoms with Crippen LogP contribution in [-0.2, 0) is 0 Å². The van der Waals surface area contributed by atoms with Gasteiger partial charge >= 0.3 is 0 Å². The fraction of sp³-hybridized carbons (Fsp3) is 0.700. The fourth-order valence-electron chi connectivity index (χ4n) is 5.00. The van der Waals surface area contributed by atoms with Crippen LogP contribution in [0.5, 0.6) is 0 Å². The van der Waals surface area contributed by atoms with Gasteiger partial charge in [-0.15, -0.1) is 0 Å². The van der Waals surface area contributed by atoms with Gasteiger partial charge in [-0.2, -0.15) is 0 Å². The van der Waals surface area contributed by atoms with Crippen molar-refractivity contribution in [2.45, 2.75) is 69.0 Å². The second-order valence-corrected chi connectivity index (χ2v) is 11.8. The second kappa shape index (κ2) is 8.80. The number of benzene rings is 1. The molecule has 1 aliphatic carbocycles. The summed E-state index contributed by atoms with van der Waals surface area (Å²) in [6.45, 7) is -0.123. The van der Waals surface area contributed by atoms with E-state index in [2.05, 4.69) is 0 Å². The lowest BCUT2D eigenvalue weighted by molar-refractivity contribution is 0.216. The van der Waals surface area contributed by atoms with Crippen LogP contribution in [-0.4, -0.2) is 15.5 Å². The molecule has 1 saturated heterocycles. The maximum Gasteiger partial charge on any atom is 0.142 e. The average Bonchev–Trinajstić information content (AvgIpc) is 2.63. The topological polar surface area (TPSA) is 0 Å². The number of rotatable bonds is 5. The molecule has 0 N–H and O–H groups in total. The summed E-state index contributed by atoms with van der Waals surface area (Å²) < 4.78 is 26.0. The Bertz CT molecular complexity index is 520. The number of hydrogen-bond donors (Lipinski definition) is 0. The molecule has 24 heavy (non-hydrogen) atoms. The lowest BCUT2D eigenvalue weighted by atomic mass is 9.72. The van der Waals surface area contributed by atoms with Crippen molar-refractivity contribution in [1.82, 2.24) is 0 Å². The molecule has 134 valence electrons. The van der Waals surface area contributed by atoms with E-state index < -0.39 is 8.80 Å². The summed E-state index contributed by atoms with van der Waals surface area (Å²) in [5.41, 5.74) is 1.12. The van der Waals surface area contributed by atoms with Gasteiger partial charge < -0.3 is 0 Å². The van der Waals surface area contributed by atoms with E-state index in [4.69, 9.17) is 11.6 Å². The lowest BCUT2D eigenvalue weighted by Gasteiger charge is -2.37. The zero-order valence-electron chi connectivity index (χ0n) is 14.5. The molecule has 0 radical (unpaired) electrons. The Morgan fingerprint density at radius 3 is 2.29 bits per heavy atom. The molecule has 3 rings (SSSR count). The number of alkyl halides is 1. The summed E-state index contributed by atoms with van der Waals surface area (Å²) in [6, 6.07) is 9.42. The van der Waals surface area contributed by atoms with Gasteiger partial charge in [0.05, 0.1) is 11.7 Å². The summed E-state index contributed by atoms with van der Waals surface area (Å²) in [7, 11) is -0.603. The van der Waals surface area contributed by atoms with Gasteiger partial charge in [-0.3, -0.25) is 4.39 Å².